The first-order valence-corrected chi connectivity index (χ1v) is 10.1. The molecule has 0 bridgehead atoms. The molecule has 1 amide bonds. The van der Waals surface area contributed by atoms with Crippen LogP contribution in [0.4, 0.5) is 11.4 Å². The van der Waals surface area contributed by atoms with Gasteiger partial charge in [-0.05, 0) is 62.4 Å². The van der Waals surface area contributed by atoms with Crippen molar-refractivity contribution in [2.24, 2.45) is 0 Å². The first kappa shape index (κ1) is 19.0. The molecule has 1 aromatic carbocycles. The molecule has 6 nitrogen and oxygen atoms in total. The Morgan fingerprint density at radius 3 is 2.61 bits per heavy atom. The average Bonchev–Trinajstić information content (AvgIpc) is 3.20. The number of benzene rings is 1. The van der Waals surface area contributed by atoms with Gasteiger partial charge in [0.1, 0.15) is 5.76 Å². The molecule has 0 saturated carbocycles. The Balaban J connectivity index is 1.50. The van der Waals surface area contributed by atoms with Gasteiger partial charge in [-0.1, -0.05) is 6.07 Å². The third kappa shape index (κ3) is 4.23. The minimum atomic E-state index is -0.234. The molecule has 0 spiro atoms. The summed E-state index contributed by atoms with van der Waals surface area (Å²) >= 11 is 0. The van der Waals surface area contributed by atoms with Crippen LogP contribution in [0.25, 0.3) is 0 Å². The van der Waals surface area contributed by atoms with Gasteiger partial charge in [0, 0.05) is 32.2 Å². The first-order chi connectivity index (χ1) is 13.6. The Bertz CT molecular complexity index is 818. The van der Waals surface area contributed by atoms with E-state index in [-0.39, 0.29) is 12.0 Å². The molecule has 6 heteroatoms. The van der Waals surface area contributed by atoms with Crippen LogP contribution < -0.4 is 10.2 Å². The van der Waals surface area contributed by atoms with E-state index in [4.69, 9.17) is 9.15 Å². The molecule has 4 rings (SSSR count). The zero-order valence-electron chi connectivity index (χ0n) is 16.3. The van der Waals surface area contributed by atoms with Crippen molar-refractivity contribution in [1.82, 2.24) is 0 Å². The summed E-state index contributed by atoms with van der Waals surface area (Å²) < 4.78 is 11.3. The van der Waals surface area contributed by atoms with Gasteiger partial charge in [-0.3, -0.25) is 4.79 Å². The van der Waals surface area contributed by atoms with Crippen molar-refractivity contribution in [3.8, 4) is 0 Å². The van der Waals surface area contributed by atoms with Gasteiger partial charge in [-0.2, -0.15) is 0 Å². The van der Waals surface area contributed by atoms with Gasteiger partial charge in [0.2, 0.25) is 0 Å². The summed E-state index contributed by atoms with van der Waals surface area (Å²) in [6.45, 7) is 5.05. The van der Waals surface area contributed by atoms with Gasteiger partial charge >= 0.3 is 0 Å². The summed E-state index contributed by atoms with van der Waals surface area (Å²) in [6.07, 6.45) is 3.11. The number of furan rings is 1. The second-order valence-corrected chi connectivity index (χ2v) is 7.78. The number of nitrogens with zero attached hydrogens (tertiary/aromatic N) is 1. The molecule has 3 heterocycles. The third-order valence-corrected chi connectivity index (χ3v) is 5.68. The van der Waals surface area contributed by atoms with Gasteiger partial charge < -0.3 is 24.5 Å². The van der Waals surface area contributed by atoms with E-state index >= 15 is 0 Å². The summed E-state index contributed by atoms with van der Waals surface area (Å²) in [5.74, 6) is 1.29. The normalized spacial score (nSPS) is 19.0. The van der Waals surface area contributed by atoms with Crippen LogP contribution in [0.5, 0.6) is 0 Å². The van der Waals surface area contributed by atoms with Crippen molar-refractivity contribution in [1.29, 1.82) is 0 Å². The quantitative estimate of drug-likeness (QED) is 0.841. The highest BCUT2D eigenvalue weighted by Crippen LogP contribution is 2.31. The Hall–Kier alpha value is -2.31. The smallest absolute Gasteiger partial charge is 0.291 e. The van der Waals surface area contributed by atoms with Crippen LogP contribution in [-0.4, -0.2) is 43.4 Å². The molecule has 0 radical (unpaired) electrons. The molecule has 2 aromatic rings. The molecular weight excluding hydrogens is 356 g/mol. The number of nitrogens with one attached hydrogen (secondary N) is 1. The lowest BCUT2D eigenvalue weighted by molar-refractivity contribution is 0.0799. The van der Waals surface area contributed by atoms with E-state index in [1.54, 1.807) is 6.07 Å². The maximum atomic E-state index is 12.8. The van der Waals surface area contributed by atoms with Crippen LogP contribution in [0.1, 0.15) is 53.5 Å². The van der Waals surface area contributed by atoms with Crippen LogP contribution in [-0.2, 0) is 4.74 Å². The van der Waals surface area contributed by atoms with E-state index in [0.29, 0.717) is 11.7 Å². The van der Waals surface area contributed by atoms with E-state index in [2.05, 4.69) is 10.2 Å². The molecular formula is C22H28N2O4. The van der Waals surface area contributed by atoms with Crippen molar-refractivity contribution >= 4 is 17.3 Å². The van der Waals surface area contributed by atoms with Crippen molar-refractivity contribution in [2.45, 2.75) is 44.6 Å². The lowest BCUT2D eigenvalue weighted by Crippen LogP contribution is -2.36. The number of hydrogen-bond donors (Lipinski definition) is 2. The second-order valence-electron chi connectivity index (χ2n) is 7.78. The van der Waals surface area contributed by atoms with Crippen LogP contribution >= 0.6 is 0 Å². The summed E-state index contributed by atoms with van der Waals surface area (Å²) in [5.41, 5.74) is 2.85. The number of amides is 1. The molecule has 2 fully saturated rings. The zero-order chi connectivity index (χ0) is 19.5. The SMILES string of the molecule is Cc1ccc(N2CCC(O)CC2)c(NC(=O)c2ccc(C3CCOCC3)o2)c1. The Kier molecular flexibility index (Phi) is 5.69. The Morgan fingerprint density at radius 2 is 1.86 bits per heavy atom. The molecule has 2 aliphatic rings. The highest BCUT2D eigenvalue weighted by atomic mass is 16.5. The third-order valence-electron chi connectivity index (χ3n) is 5.68. The van der Waals surface area contributed by atoms with Crippen molar-refractivity contribution in [3.63, 3.8) is 0 Å². The van der Waals surface area contributed by atoms with E-state index in [0.717, 1.165) is 74.7 Å². The average molecular weight is 384 g/mol. The fourth-order valence-electron chi connectivity index (χ4n) is 3.99. The van der Waals surface area contributed by atoms with Crippen LogP contribution in [0, 0.1) is 6.92 Å². The Labute approximate surface area is 165 Å². The molecule has 2 N–H and O–H groups in total. The lowest BCUT2D eigenvalue weighted by Gasteiger charge is -2.33. The van der Waals surface area contributed by atoms with E-state index in [1.165, 1.54) is 0 Å². The maximum absolute atomic E-state index is 12.8. The zero-order valence-corrected chi connectivity index (χ0v) is 16.3. The lowest BCUT2D eigenvalue weighted by atomic mass is 9.98. The number of aliphatic hydroxyl groups is 1. The largest absolute Gasteiger partial charge is 0.456 e. The van der Waals surface area contributed by atoms with Gasteiger partial charge in [0.15, 0.2) is 5.76 Å². The predicted molar refractivity (Wildman–Crippen MR) is 108 cm³/mol. The number of carbonyl (C=O) groups is 1. The monoisotopic (exact) mass is 384 g/mol. The number of ether oxygens (including phenoxy) is 1. The standard InChI is InChI=1S/C22H28N2O4/c1-15-2-3-19(24-10-6-17(25)7-11-24)18(14-15)23-22(26)21-5-4-20(28-21)16-8-12-27-13-9-16/h2-5,14,16-17,25H,6-13H2,1H3,(H,23,26). The second kappa shape index (κ2) is 8.37. The molecule has 0 aliphatic carbocycles. The van der Waals surface area contributed by atoms with E-state index in [9.17, 15) is 9.90 Å². The summed E-state index contributed by atoms with van der Waals surface area (Å²) in [5, 5.41) is 12.8. The van der Waals surface area contributed by atoms with E-state index < -0.39 is 0 Å². The number of aliphatic hydroxyl groups excluding tert-OH is 1. The fraction of sp³-hybridized carbons (Fsp3) is 0.500. The highest BCUT2D eigenvalue weighted by Gasteiger charge is 2.23. The molecule has 0 unspecified atom stereocenters. The summed E-state index contributed by atoms with van der Waals surface area (Å²) in [6, 6.07) is 9.74. The first-order valence-electron chi connectivity index (χ1n) is 10.1. The number of carbonyl (C=O) groups excluding carboxylic acids is 1. The minimum Gasteiger partial charge on any atom is -0.456 e. The number of hydrogen-bond acceptors (Lipinski definition) is 5. The van der Waals surface area contributed by atoms with Gasteiger partial charge in [0.25, 0.3) is 5.91 Å². The van der Waals surface area contributed by atoms with Crippen molar-refractivity contribution < 1.29 is 19.1 Å². The molecule has 1 aromatic heterocycles. The fourth-order valence-corrected chi connectivity index (χ4v) is 3.99. The van der Waals surface area contributed by atoms with Crippen LogP contribution in [0.15, 0.2) is 34.7 Å². The molecule has 0 atom stereocenters. The molecule has 28 heavy (non-hydrogen) atoms. The molecule has 150 valence electrons. The van der Waals surface area contributed by atoms with Gasteiger partial charge in [-0.15, -0.1) is 0 Å². The predicted octanol–water partition coefficient (Wildman–Crippen LogP) is 3.70. The number of anilines is 2. The number of piperidine rings is 1. The van der Waals surface area contributed by atoms with Crippen LogP contribution in [0.2, 0.25) is 0 Å². The molecule has 2 saturated heterocycles. The van der Waals surface area contributed by atoms with Gasteiger partial charge in [-0.25, -0.2) is 0 Å². The number of rotatable bonds is 4. The maximum Gasteiger partial charge on any atom is 0.291 e. The molecule has 2 aliphatic heterocycles. The summed E-state index contributed by atoms with van der Waals surface area (Å²) in [7, 11) is 0. The number of aryl methyl sites for hydroxylation is 1. The summed E-state index contributed by atoms with van der Waals surface area (Å²) in [4.78, 5) is 15.0. The van der Waals surface area contributed by atoms with Crippen LogP contribution in [0.3, 0.4) is 0 Å². The van der Waals surface area contributed by atoms with Gasteiger partial charge in [0.05, 0.1) is 17.5 Å². The minimum absolute atomic E-state index is 0.230. The highest BCUT2D eigenvalue weighted by molar-refractivity contribution is 6.04. The Morgan fingerprint density at radius 1 is 1.11 bits per heavy atom. The van der Waals surface area contributed by atoms with Crippen molar-refractivity contribution in [3.05, 3.63) is 47.4 Å². The van der Waals surface area contributed by atoms with Crippen molar-refractivity contribution in [2.75, 3.05) is 36.5 Å². The van der Waals surface area contributed by atoms with E-state index in [1.807, 2.05) is 31.2 Å². The topological polar surface area (TPSA) is 74.9 Å².